The van der Waals surface area contributed by atoms with Gasteiger partial charge in [0.25, 0.3) is 0 Å². The molecule has 0 fully saturated rings. The zero-order valence-corrected chi connectivity index (χ0v) is 18.5. The molecule has 0 heterocycles. The Hall–Kier alpha value is -3.13. The quantitative estimate of drug-likeness (QED) is 0.271. The second-order valence-corrected chi connectivity index (χ2v) is 7.60. The van der Waals surface area contributed by atoms with Crippen molar-refractivity contribution >= 4 is 58.5 Å². The highest BCUT2D eigenvalue weighted by Crippen LogP contribution is 2.25. The maximum absolute atomic E-state index is 13.6. The van der Waals surface area contributed by atoms with Crippen molar-refractivity contribution in [3.05, 3.63) is 92.7 Å². The molecule has 0 aliphatic carbocycles. The SMILES string of the molecule is O=C(N/N=C\c1cc(Cl)ccc1OCc1ccc(Cl)c(Cl)c1)C(=O)Nc1ccccc1F. The first-order valence-corrected chi connectivity index (χ1v) is 10.2. The number of anilines is 1. The molecule has 0 saturated carbocycles. The van der Waals surface area contributed by atoms with Crippen molar-refractivity contribution < 1.29 is 18.7 Å². The number of carbonyl (C=O) groups is 2. The van der Waals surface area contributed by atoms with Crippen LogP contribution in [0.3, 0.4) is 0 Å². The Balaban J connectivity index is 1.63. The average molecular weight is 495 g/mol. The lowest BCUT2D eigenvalue weighted by Gasteiger charge is -2.10. The van der Waals surface area contributed by atoms with Crippen LogP contribution in [0.4, 0.5) is 10.1 Å². The van der Waals surface area contributed by atoms with E-state index in [1.807, 2.05) is 0 Å². The number of nitrogens with zero attached hydrogens (tertiary/aromatic N) is 1. The number of hydrazone groups is 1. The molecular weight excluding hydrogens is 480 g/mol. The van der Waals surface area contributed by atoms with Gasteiger partial charge in [0.1, 0.15) is 18.2 Å². The Labute approximate surface area is 197 Å². The molecule has 3 aromatic rings. The zero-order chi connectivity index (χ0) is 23.1. The number of nitrogens with one attached hydrogen (secondary N) is 2. The van der Waals surface area contributed by atoms with Gasteiger partial charge in [0.15, 0.2) is 0 Å². The van der Waals surface area contributed by atoms with Crippen LogP contribution < -0.4 is 15.5 Å². The molecule has 0 aliphatic heterocycles. The first-order chi connectivity index (χ1) is 15.3. The molecule has 0 aromatic heterocycles. The summed E-state index contributed by atoms with van der Waals surface area (Å²) in [6.07, 6.45) is 1.27. The van der Waals surface area contributed by atoms with Gasteiger partial charge in [-0.15, -0.1) is 0 Å². The summed E-state index contributed by atoms with van der Waals surface area (Å²) < 4.78 is 19.4. The first-order valence-electron chi connectivity index (χ1n) is 9.08. The van der Waals surface area contributed by atoms with Gasteiger partial charge in [-0.1, -0.05) is 53.0 Å². The lowest BCUT2D eigenvalue weighted by molar-refractivity contribution is -0.136. The number of ether oxygens (including phenoxy) is 1. The molecule has 0 atom stereocenters. The van der Waals surface area contributed by atoms with Crippen LogP contribution in [-0.2, 0) is 16.2 Å². The summed E-state index contributed by atoms with van der Waals surface area (Å²) in [5.41, 5.74) is 3.19. The van der Waals surface area contributed by atoms with Crippen molar-refractivity contribution in [3.8, 4) is 5.75 Å². The number of benzene rings is 3. The van der Waals surface area contributed by atoms with Crippen LogP contribution in [-0.4, -0.2) is 18.0 Å². The van der Waals surface area contributed by atoms with Crippen LogP contribution in [0.25, 0.3) is 0 Å². The van der Waals surface area contributed by atoms with Crippen molar-refractivity contribution in [2.75, 3.05) is 5.32 Å². The fourth-order valence-corrected chi connectivity index (χ4v) is 3.00. The van der Waals surface area contributed by atoms with Gasteiger partial charge in [-0.2, -0.15) is 5.10 Å². The minimum Gasteiger partial charge on any atom is -0.488 e. The summed E-state index contributed by atoms with van der Waals surface area (Å²) in [5, 5.41) is 7.17. The Kier molecular flexibility index (Phi) is 8.05. The van der Waals surface area contributed by atoms with Crippen LogP contribution in [0.5, 0.6) is 5.75 Å². The van der Waals surface area contributed by atoms with Gasteiger partial charge in [-0.05, 0) is 48.0 Å². The molecule has 0 radical (unpaired) electrons. The van der Waals surface area contributed by atoms with Gasteiger partial charge in [0.2, 0.25) is 0 Å². The van der Waals surface area contributed by atoms with E-state index in [2.05, 4.69) is 15.8 Å². The van der Waals surface area contributed by atoms with Crippen LogP contribution in [0.15, 0.2) is 65.8 Å². The molecule has 10 heteroatoms. The van der Waals surface area contributed by atoms with Gasteiger partial charge in [0.05, 0.1) is 21.9 Å². The summed E-state index contributed by atoms with van der Waals surface area (Å²) in [4.78, 5) is 23.8. The molecule has 0 spiro atoms. The molecule has 0 unspecified atom stereocenters. The van der Waals surface area contributed by atoms with Gasteiger partial charge >= 0.3 is 11.8 Å². The van der Waals surface area contributed by atoms with E-state index in [1.54, 1.807) is 36.4 Å². The Bertz CT molecular complexity index is 1190. The molecule has 0 saturated heterocycles. The molecule has 3 rings (SSSR count). The van der Waals surface area contributed by atoms with Crippen molar-refractivity contribution in [2.45, 2.75) is 6.61 Å². The standard InChI is InChI=1S/C22H15Cl3FN3O3/c23-15-6-8-20(32-12-13-5-7-16(24)17(25)9-13)14(10-15)11-27-29-22(31)21(30)28-19-4-2-1-3-18(19)26/h1-11H,12H2,(H,28,30)(H,29,31)/b27-11-. The predicted octanol–water partition coefficient (Wildman–Crippen LogP) is 5.45. The molecule has 2 amide bonds. The maximum Gasteiger partial charge on any atom is 0.329 e. The van der Waals surface area contributed by atoms with Crippen molar-refractivity contribution in [2.24, 2.45) is 5.10 Å². The van der Waals surface area contributed by atoms with Gasteiger partial charge in [-0.3, -0.25) is 9.59 Å². The summed E-state index contributed by atoms with van der Waals surface area (Å²) in [5.74, 6) is -2.40. The highest BCUT2D eigenvalue weighted by atomic mass is 35.5. The van der Waals surface area contributed by atoms with Gasteiger partial charge in [0, 0.05) is 10.6 Å². The van der Waals surface area contributed by atoms with E-state index in [0.29, 0.717) is 26.4 Å². The third-order valence-electron chi connectivity index (χ3n) is 4.05. The minimum absolute atomic E-state index is 0.121. The van der Waals surface area contributed by atoms with E-state index in [9.17, 15) is 14.0 Å². The smallest absolute Gasteiger partial charge is 0.329 e. The lowest BCUT2D eigenvalue weighted by Crippen LogP contribution is -2.32. The van der Waals surface area contributed by atoms with Crippen LogP contribution in [0.1, 0.15) is 11.1 Å². The third kappa shape index (κ3) is 6.43. The highest BCUT2D eigenvalue weighted by Gasteiger charge is 2.15. The number of amides is 2. The zero-order valence-electron chi connectivity index (χ0n) is 16.2. The van der Waals surface area contributed by atoms with Crippen LogP contribution >= 0.6 is 34.8 Å². The summed E-state index contributed by atoms with van der Waals surface area (Å²) in [6, 6.07) is 15.4. The van der Waals surface area contributed by atoms with E-state index >= 15 is 0 Å². The fraction of sp³-hybridized carbons (Fsp3) is 0.0455. The second kappa shape index (κ2) is 10.9. The lowest BCUT2D eigenvalue weighted by atomic mass is 10.2. The molecule has 2 N–H and O–H groups in total. The number of hydrogen-bond donors (Lipinski definition) is 2. The largest absolute Gasteiger partial charge is 0.488 e. The van der Waals surface area contributed by atoms with Gasteiger partial charge in [-0.25, -0.2) is 9.82 Å². The van der Waals surface area contributed by atoms with E-state index in [-0.39, 0.29) is 12.3 Å². The molecule has 6 nitrogen and oxygen atoms in total. The van der Waals surface area contributed by atoms with E-state index in [0.717, 1.165) is 11.6 Å². The van der Waals surface area contributed by atoms with E-state index < -0.39 is 17.6 Å². The summed E-state index contributed by atoms with van der Waals surface area (Å²) >= 11 is 18.0. The van der Waals surface area contributed by atoms with Crippen molar-refractivity contribution in [1.29, 1.82) is 0 Å². The predicted molar refractivity (Wildman–Crippen MR) is 123 cm³/mol. The Morgan fingerprint density at radius 2 is 1.75 bits per heavy atom. The molecular formula is C22H15Cl3FN3O3. The normalized spacial score (nSPS) is 10.8. The first kappa shape index (κ1) is 23.5. The molecule has 32 heavy (non-hydrogen) atoms. The summed E-state index contributed by atoms with van der Waals surface area (Å²) in [6.45, 7) is 0.191. The molecule has 0 bridgehead atoms. The number of carbonyl (C=O) groups excluding carboxylic acids is 2. The van der Waals surface area contributed by atoms with Crippen LogP contribution in [0, 0.1) is 5.82 Å². The van der Waals surface area contributed by atoms with E-state index in [4.69, 9.17) is 39.5 Å². The minimum atomic E-state index is -1.08. The number of para-hydroxylation sites is 1. The summed E-state index contributed by atoms with van der Waals surface area (Å²) in [7, 11) is 0. The Morgan fingerprint density at radius 3 is 2.50 bits per heavy atom. The number of hydrogen-bond acceptors (Lipinski definition) is 4. The molecule has 0 aliphatic rings. The second-order valence-electron chi connectivity index (χ2n) is 6.35. The molecule has 164 valence electrons. The van der Waals surface area contributed by atoms with Crippen LogP contribution in [0.2, 0.25) is 15.1 Å². The fourth-order valence-electron chi connectivity index (χ4n) is 2.50. The monoisotopic (exact) mass is 493 g/mol. The molecule has 3 aromatic carbocycles. The number of rotatable bonds is 6. The Morgan fingerprint density at radius 1 is 0.969 bits per heavy atom. The van der Waals surface area contributed by atoms with Crippen molar-refractivity contribution in [3.63, 3.8) is 0 Å². The van der Waals surface area contributed by atoms with Gasteiger partial charge < -0.3 is 10.1 Å². The number of halogens is 4. The highest BCUT2D eigenvalue weighted by molar-refractivity contribution is 6.42. The maximum atomic E-state index is 13.6. The van der Waals surface area contributed by atoms with E-state index in [1.165, 1.54) is 24.4 Å². The third-order valence-corrected chi connectivity index (χ3v) is 5.02. The average Bonchev–Trinajstić information content (AvgIpc) is 2.77. The topological polar surface area (TPSA) is 79.8 Å². The van der Waals surface area contributed by atoms with Crippen molar-refractivity contribution in [1.82, 2.24) is 5.43 Å².